The van der Waals surface area contributed by atoms with E-state index in [1.807, 2.05) is 50.2 Å². The molecule has 0 atom stereocenters. The predicted molar refractivity (Wildman–Crippen MR) is 136 cm³/mol. The highest BCUT2D eigenvalue weighted by atomic mass is 79.9. The van der Waals surface area contributed by atoms with Gasteiger partial charge >= 0.3 is 0 Å². The Bertz CT molecular complexity index is 1160. The minimum absolute atomic E-state index is 0.353. The molecule has 0 saturated heterocycles. The Morgan fingerprint density at radius 2 is 1.74 bits per heavy atom. The van der Waals surface area contributed by atoms with E-state index in [9.17, 15) is 9.59 Å². The summed E-state index contributed by atoms with van der Waals surface area (Å²) in [5.41, 5.74) is 5.93. The van der Waals surface area contributed by atoms with Crippen molar-refractivity contribution in [1.29, 1.82) is 0 Å². The van der Waals surface area contributed by atoms with E-state index >= 15 is 0 Å². The molecule has 0 fully saturated rings. The van der Waals surface area contributed by atoms with Gasteiger partial charge in [-0.3, -0.25) is 9.59 Å². The van der Waals surface area contributed by atoms with Crippen LogP contribution in [0.4, 0.5) is 5.69 Å². The molecular weight excluding hydrogens is 498 g/mol. The minimum atomic E-state index is -0.524. The fourth-order valence-electron chi connectivity index (χ4n) is 2.96. The summed E-state index contributed by atoms with van der Waals surface area (Å²) in [5, 5.41) is 6.62. The number of benzene rings is 3. The molecule has 3 aromatic carbocycles. The molecule has 0 radical (unpaired) electrons. The average Bonchev–Trinajstić information content (AvgIpc) is 2.81. The van der Waals surface area contributed by atoms with Gasteiger partial charge in [-0.1, -0.05) is 42.0 Å². The number of aryl methyl sites for hydroxylation is 1. The third-order valence-electron chi connectivity index (χ3n) is 4.65. The number of rotatable bonds is 10. The highest BCUT2D eigenvalue weighted by molar-refractivity contribution is 9.10. The van der Waals surface area contributed by atoms with E-state index in [1.165, 1.54) is 11.8 Å². The topological polar surface area (TPSA) is 89.0 Å². The number of amides is 2. The first-order chi connectivity index (χ1) is 16.4. The molecule has 0 heterocycles. The number of nitrogens with one attached hydrogen (secondary N) is 2. The van der Waals surface area contributed by atoms with Crippen molar-refractivity contribution in [1.82, 2.24) is 5.43 Å². The van der Waals surface area contributed by atoms with Gasteiger partial charge in [0.25, 0.3) is 0 Å². The fourth-order valence-corrected chi connectivity index (χ4v) is 3.34. The molecule has 0 saturated carbocycles. The molecule has 0 unspecified atom stereocenters. The molecule has 0 bridgehead atoms. The van der Waals surface area contributed by atoms with E-state index in [-0.39, 0.29) is 6.42 Å². The maximum atomic E-state index is 12.1. The van der Waals surface area contributed by atoms with Crippen LogP contribution < -0.4 is 20.2 Å². The lowest BCUT2D eigenvalue weighted by Crippen LogP contribution is -2.24. The van der Waals surface area contributed by atoms with Crippen molar-refractivity contribution >= 4 is 39.6 Å². The SMILES string of the molecule is CCOc1cc(C=NNC(=O)CC(=O)Nc2ccccc2Br)ccc1OCc1ccc(C)cc1. The van der Waals surface area contributed by atoms with Crippen LogP contribution in [0, 0.1) is 6.92 Å². The van der Waals surface area contributed by atoms with Gasteiger partial charge in [-0.2, -0.15) is 5.10 Å². The number of nitrogens with zero attached hydrogens (tertiary/aromatic N) is 1. The fraction of sp³-hybridized carbons (Fsp3) is 0.192. The lowest BCUT2D eigenvalue weighted by atomic mass is 10.2. The van der Waals surface area contributed by atoms with Crippen LogP contribution in [-0.2, 0) is 16.2 Å². The molecule has 7 nitrogen and oxygen atoms in total. The lowest BCUT2D eigenvalue weighted by molar-refractivity contribution is -0.126. The number of hydrazone groups is 1. The zero-order valence-electron chi connectivity index (χ0n) is 19.0. The van der Waals surface area contributed by atoms with Gasteiger partial charge in [0, 0.05) is 4.47 Å². The standard InChI is InChI=1S/C26H26BrN3O4/c1-3-33-24-14-20(12-13-23(24)34-17-19-10-8-18(2)9-11-19)16-28-30-26(32)15-25(31)29-22-7-5-4-6-21(22)27/h4-14,16H,3,15,17H2,1-2H3,(H,29,31)(H,30,32). The zero-order chi connectivity index (χ0) is 24.3. The van der Waals surface area contributed by atoms with Crippen LogP contribution in [0.15, 0.2) is 76.3 Å². The van der Waals surface area contributed by atoms with Crippen LogP contribution in [0.25, 0.3) is 0 Å². The minimum Gasteiger partial charge on any atom is -0.490 e. The monoisotopic (exact) mass is 523 g/mol. The van der Waals surface area contributed by atoms with Crippen LogP contribution in [0.5, 0.6) is 11.5 Å². The molecule has 3 aromatic rings. The largest absolute Gasteiger partial charge is 0.490 e. The van der Waals surface area contributed by atoms with Gasteiger partial charge in [0.15, 0.2) is 11.5 Å². The van der Waals surface area contributed by atoms with Gasteiger partial charge < -0.3 is 14.8 Å². The molecule has 0 aliphatic rings. The number of hydrogen-bond donors (Lipinski definition) is 2. The number of hydrogen-bond acceptors (Lipinski definition) is 5. The van der Waals surface area contributed by atoms with Crippen molar-refractivity contribution in [3.8, 4) is 11.5 Å². The van der Waals surface area contributed by atoms with Gasteiger partial charge in [0.05, 0.1) is 18.5 Å². The number of halogens is 1. The number of anilines is 1. The van der Waals surface area contributed by atoms with Crippen molar-refractivity contribution in [3.05, 3.63) is 87.9 Å². The lowest BCUT2D eigenvalue weighted by Gasteiger charge is -2.13. The van der Waals surface area contributed by atoms with Gasteiger partial charge in [-0.25, -0.2) is 5.43 Å². The number of para-hydroxylation sites is 1. The van der Waals surface area contributed by atoms with E-state index in [1.54, 1.807) is 30.3 Å². The molecule has 2 N–H and O–H groups in total. The van der Waals surface area contributed by atoms with Crippen molar-refractivity contribution in [2.24, 2.45) is 5.10 Å². The summed E-state index contributed by atoms with van der Waals surface area (Å²) in [4.78, 5) is 24.1. The second kappa shape index (κ2) is 12.6. The Balaban J connectivity index is 1.54. The van der Waals surface area contributed by atoms with Crippen LogP contribution in [0.2, 0.25) is 0 Å². The average molecular weight is 524 g/mol. The van der Waals surface area contributed by atoms with Crippen molar-refractivity contribution in [3.63, 3.8) is 0 Å². The molecule has 0 spiro atoms. The summed E-state index contributed by atoms with van der Waals surface area (Å²) in [5.74, 6) is 0.238. The summed E-state index contributed by atoms with van der Waals surface area (Å²) in [6, 6.07) is 20.7. The van der Waals surface area contributed by atoms with Crippen LogP contribution in [0.1, 0.15) is 30.0 Å². The number of ether oxygens (including phenoxy) is 2. The molecule has 176 valence electrons. The van der Waals surface area contributed by atoms with Crippen LogP contribution in [0.3, 0.4) is 0 Å². The van der Waals surface area contributed by atoms with Gasteiger partial charge in [-0.15, -0.1) is 0 Å². The summed E-state index contributed by atoms with van der Waals surface area (Å²) in [6.07, 6.45) is 1.13. The van der Waals surface area contributed by atoms with Gasteiger partial charge in [0.2, 0.25) is 11.8 Å². The summed E-state index contributed by atoms with van der Waals surface area (Å²) >= 11 is 3.35. The summed E-state index contributed by atoms with van der Waals surface area (Å²) in [7, 11) is 0. The molecular formula is C26H26BrN3O4. The van der Waals surface area contributed by atoms with Crippen molar-refractivity contribution in [2.45, 2.75) is 26.9 Å². The molecule has 0 aromatic heterocycles. The van der Waals surface area contributed by atoms with Gasteiger partial charge in [0.1, 0.15) is 13.0 Å². The first kappa shape index (κ1) is 25.0. The van der Waals surface area contributed by atoms with Crippen LogP contribution in [-0.4, -0.2) is 24.6 Å². The Labute approximate surface area is 207 Å². The number of carbonyl (C=O) groups is 2. The van der Waals surface area contributed by atoms with Gasteiger partial charge in [-0.05, 0) is 71.2 Å². The third kappa shape index (κ3) is 7.74. The normalized spacial score (nSPS) is 10.7. The first-order valence-corrected chi connectivity index (χ1v) is 11.6. The summed E-state index contributed by atoms with van der Waals surface area (Å²) < 4.78 is 12.4. The maximum Gasteiger partial charge on any atom is 0.249 e. The first-order valence-electron chi connectivity index (χ1n) is 10.8. The molecule has 3 rings (SSSR count). The molecule has 0 aliphatic heterocycles. The molecule has 34 heavy (non-hydrogen) atoms. The quantitative estimate of drug-likeness (QED) is 0.216. The highest BCUT2D eigenvalue weighted by Gasteiger charge is 2.11. The Hall–Kier alpha value is -3.65. The molecule has 0 aliphatic carbocycles. The van der Waals surface area contributed by atoms with Crippen molar-refractivity contribution in [2.75, 3.05) is 11.9 Å². The smallest absolute Gasteiger partial charge is 0.249 e. The second-order valence-electron chi connectivity index (χ2n) is 7.41. The Kier molecular flexibility index (Phi) is 9.22. The Morgan fingerprint density at radius 3 is 2.47 bits per heavy atom. The second-order valence-corrected chi connectivity index (χ2v) is 8.27. The highest BCUT2D eigenvalue weighted by Crippen LogP contribution is 2.29. The Morgan fingerprint density at radius 1 is 0.971 bits per heavy atom. The maximum absolute atomic E-state index is 12.1. The molecule has 8 heteroatoms. The van der Waals surface area contributed by atoms with E-state index < -0.39 is 11.8 Å². The van der Waals surface area contributed by atoms with E-state index in [0.717, 1.165) is 10.0 Å². The number of carbonyl (C=O) groups excluding carboxylic acids is 2. The van der Waals surface area contributed by atoms with E-state index in [0.29, 0.717) is 36.0 Å². The predicted octanol–water partition coefficient (Wildman–Crippen LogP) is 5.21. The van der Waals surface area contributed by atoms with Crippen LogP contribution >= 0.6 is 15.9 Å². The zero-order valence-corrected chi connectivity index (χ0v) is 20.6. The molecule has 2 amide bonds. The third-order valence-corrected chi connectivity index (χ3v) is 5.35. The van der Waals surface area contributed by atoms with Crippen molar-refractivity contribution < 1.29 is 19.1 Å². The summed E-state index contributed by atoms with van der Waals surface area (Å²) in [6.45, 7) is 4.83. The van der Waals surface area contributed by atoms with E-state index in [2.05, 4.69) is 31.8 Å². The van der Waals surface area contributed by atoms with E-state index in [4.69, 9.17) is 9.47 Å².